The van der Waals surface area contributed by atoms with Crippen LogP contribution in [0.3, 0.4) is 0 Å². The van der Waals surface area contributed by atoms with Crippen LogP contribution in [-0.4, -0.2) is 14.4 Å². The molecule has 0 amide bonds. The topological polar surface area (TPSA) is 9.23 Å². The molecule has 0 N–H and O–H groups in total. The molecule has 3 rings (SSSR count). The first-order valence-corrected chi connectivity index (χ1v) is 18.0. The Bertz CT molecular complexity index is 866. The Kier molecular flexibility index (Phi) is 9.47. The van der Waals surface area contributed by atoms with Gasteiger partial charge in [-0.1, -0.05) is 97.4 Å². The molecule has 3 fully saturated rings. The zero-order valence-corrected chi connectivity index (χ0v) is 26.5. The second-order valence-corrected chi connectivity index (χ2v) is 19.5. The summed E-state index contributed by atoms with van der Waals surface area (Å²) in [6.45, 7) is 28.4. The molecule has 3 saturated carbocycles. The summed E-state index contributed by atoms with van der Waals surface area (Å²) in [6.07, 6.45) is 20.4. The van der Waals surface area contributed by atoms with Crippen LogP contribution in [0, 0.1) is 35.0 Å². The zero-order chi connectivity index (χ0) is 26.9. The van der Waals surface area contributed by atoms with Crippen molar-refractivity contribution in [2.24, 2.45) is 35.0 Å². The van der Waals surface area contributed by atoms with E-state index in [9.17, 15) is 0 Å². The van der Waals surface area contributed by atoms with E-state index in [4.69, 9.17) is 4.43 Å². The summed E-state index contributed by atoms with van der Waals surface area (Å²) in [4.78, 5) is 0. The smallest absolute Gasteiger partial charge is 0.192 e. The zero-order valence-electron chi connectivity index (χ0n) is 25.5. The Morgan fingerprint density at radius 1 is 1.00 bits per heavy atom. The maximum atomic E-state index is 6.82. The lowest BCUT2D eigenvalue weighted by Gasteiger charge is -2.44. The molecule has 3 aliphatic carbocycles. The van der Waals surface area contributed by atoms with Crippen LogP contribution in [-0.2, 0) is 4.43 Å². The molecular formula is C34H58OSi. The van der Waals surface area contributed by atoms with Gasteiger partial charge in [0.05, 0.1) is 0 Å². The first-order chi connectivity index (χ1) is 16.7. The second kappa shape index (κ2) is 11.5. The van der Waals surface area contributed by atoms with Gasteiger partial charge in [-0.2, -0.15) is 0 Å². The van der Waals surface area contributed by atoms with Gasteiger partial charge in [-0.05, 0) is 110 Å². The molecular weight excluding hydrogens is 452 g/mol. The van der Waals surface area contributed by atoms with E-state index in [0.717, 1.165) is 37.0 Å². The van der Waals surface area contributed by atoms with Crippen LogP contribution in [0.4, 0.5) is 0 Å². The highest BCUT2D eigenvalue weighted by Gasteiger charge is 2.50. The van der Waals surface area contributed by atoms with E-state index >= 15 is 0 Å². The molecule has 0 heterocycles. The highest BCUT2D eigenvalue weighted by molar-refractivity contribution is 6.74. The minimum Gasteiger partial charge on any atom is -0.414 e. The molecule has 36 heavy (non-hydrogen) atoms. The van der Waals surface area contributed by atoms with Gasteiger partial charge in [0.15, 0.2) is 8.32 Å². The average Bonchev–Trinajstić information content (AvgIpc) is 3.14. The standard InChI is InChI=1S/C34H58OSi/c1-24(2)25(3)14-15-27(5)31-20-21-32-28(13-12-22-34(31,32)9)17-18-29-23-30(19-16-26(29)4)35-36(10,11)33(6,7)8/h14-15,17-18,24-25,27,30-32H,4,12-13,16,19-23H2,1-3,5-11H3/b15-14+,28-17?,29-18+/t25-,27+,30-,31+,32-,34+/m0/s1. The Balaban J connectivity index is 1.73. The van der Waals surface area contributed by atoms with Crippen LogP contribution in [0.25, 0.3) is 0 Å². The summed E-state index contributed by atoms with van der Waals surface area (Å²) in [5.41, 5.74) is 4.94. The number of allylic oxidation sites excluding steroid dienone is 6. The van der Waals surface area contributed by atoms with Crippen LogP contribution < -0.4 is 0 Å². The Labute approximate surface area is 226 Å². The molecule has 0 radical (unpaired) electrons. The SMILES string of the molecule is C=C1CC[C@H](O[Si](C)(C)C(C)(C)C)C/C1=C\C=C1CCC[C@]2(C)[C@@H]([C@H](C)/C=C/[C@H](C)C(C)C)CC[C@@H]12. The van der Waals surface area contributed by atoms with Crippen molar-refractivity contribution in [2.45, 2.75) is 131 Å². The third kappa shape index (κ3) is 6.58. The van der Waals surface area contributed by atoms with Crippen molar-refractivity contribution in [3.05, 3.63) is 47.6 Å². The van der Waals surface area contributed by atoms with Gasteiger partial charge in [0, 0.05) is 6.10 Å². The fourth-order valence-electron chi connectivity index (χ4n) is 6.93. The molecule has 0 bridgehead atoms. The van der Waals surface area contributed by atoms with Gasteiger partial charge in [0.25, 0.3) is 0 Å². The highest BCUT2D eigenvalue weighted by atomic mass is 28.4. The van der Waals surface area contributed by atoms with Crippen molar-refractivity contribution in [3.8, 4) is 0 Å². The molecule has 0 spiro atoms. The lowest BCUT2D eigenvalue weighted by atomic mass is 9.61. The summed E-state index contributed by atoms with van der Waals surface area (Å²) in [5, 5.41) is 0.262. The quantitative estimate of drug-likeness (QED) is 0.244. The molecule has 6 atom stereocenters. The second-order valence-electron chi connectivity index (χ2n) is 14.7. The Morgan fingerprint density at radius 2 is 1.69 bits per heavy atom. The molecule has 0 aromatic rings. The number of hydrogen-bond acceptors (Lipinski definition) is 1. The van der Waals surface area contributed by atoms with Crippen molar-refractivity contribution in [3.63, 3.8) is 0 Å². The van der Waals surface area contributed by atoms with E-state index in [1.165, 1.54) is 43.3 Å². The van der Waals surface area contributed by atoms with Crippen molar-refractivity contribution >= 4 is 8.32 Å². The highest BCUT2D eigenvalue weighted by Crippen LogP contribution is 2.59. The van der Waals surface area contributed by atoms with Crippen molar-refractivity contribution < 1.29 is 4.43 Å². The van der Waals surface area contributed by atoms with Crippen LogP contribution in [0.5, 0.6) is 0 Å². The van der Waals surface area contributed by atoms with Gasteiger partial charge in [-0.3, -0.25) is 0 Å². The first-order valence-electron chi connectivity index (χ1n) is 15.1. The molecule has 0 saturated heterocycles. The van der Waals surface area contributed by atoms with E-state index in [1.807, 2.05) is 0 Å². The van der Waals surface area contributed by atoms with Crippen LogP contribution in [0.1, 0.15) is 107 Å². The van der Waals surface area contributed by atoms with Gasteiger partial charge in [-0.15, -0.1) is 0 Å². The van der Waals surface area contributed by atoms with Crippen LogP contribution >= 0.6 is 0 Å². The van der Waals surface area contributed by atoms with Gasteiger partial charge in [-0.25, -0.2) is 0 Å². The summed E-state index contributed by atoms with van der Waals surface area (Å²) < 4.78 is 6.82. The molecule has 2 heteroatoms. The maximum Gasteiger partial charge on any atom is 0.192 e. The summed E-state index contributed by atoms with van der Waals surface area (Å²) in [5.74, 6) is 3.62. The molecule has 3 aliphatic rings. The van der Waals surface area contributed by atoms with Gasteiger partial charge < -0.3 is 4.43 Å². The largest absolute Gasteiger partial charge is 0.414 e. The van der Waals surface area contributed by atoms with Gasteiger partial charge >= 0.3 is 0 Å². The normalized spacial score (nSPS) is 34.1. The van der Waals surface area contributed by atoms with E-state index in [-0.39, 0.29) is 5.04 Å². The summed E-state index contributed by atoms with van der Waals surface area (Å²) >= 11 is 0. The third-order valence-corrected chi connectivity index (χ3v) is 15.4. The molecule has 0 aromatic heterocycles. The van der Waals surface area contributed by atoms with E-state index in [0.29, 0.717) is 23.4 Å². The number of fused-ring (bicyclic) bond motifs is 1. The third-order valence-electron chi connectivity index (χ3n) is 10.9. The monoisotopic (exact) mass is 510 g/mol. The van der Waals surface area contributed by atoms with Crippen molar-refractivity contribution in [2.75, 3.05) is 0 Å². The summed E-state index contributed by atoms with van der Waals surface area (Å²) in [7, 11) is -1.74. The number of rotatable bonds is 7. The van der Waals surface area contributed by atoms with Gasteiger partial charge in [0.1, 0.15) is 0 Å². The molecule has 0 unspecified atom stereocenters. The van der Waals surface area contributed by atoms with E-state index in [1.54, 1.807) is 5.57 Å². The Morgan fingerprint density at radius 3 is 2.33 bits per heavy atom. The number of hydrogen-bond donors (Lipinski definition) is 0. The van der Waals surface area contributed by atoms with Crippen molar-refractivity contribution in [1.82, 2.24) is 0 Å². The summed E-state index contributed by atoms with van der Waals surface area (Å²) in [6, 6.07) is 0. The molecule has 1 nitrogen and oxygen atoms in total. The maximum absolute atomic E-state index is 6.82. The predicted molar refractivity (Wildman–Crippen MR) is 162 cm³/mol. The first kappa shape index (κ1) is 29.7. The van der Waals surface area contributed by atoms with Crippen LogP contribution in [0.15, 0.2) is 47.6 Å². The lowest BCUT2D eigenvalue weighted by molar-refractivity contribution is 0.112. The molecule has 204 valence electrons. The van der Waals surface area contributed by atoms with Crippen LogP contribution in [0.2, 0.25) is 18.1 Å². The van der Waals surface area contributed by atoms with E-state index < -0.39 is 8.32 Å². The minimum atomic E-state index is -1.74. The minimum absolute atomic E-state index is 0.262. The fourth-order valence-corrected chi connectivity index (χ4v) is 8.31. The van der Waals surface area contributed by atoms with Gasteiger partial charge in [0.2, 0.25) is 0 Å². The molecule has 0 aromatic carbocycles. The fraction of sp³-hybridized carbons (Fsp3) is 0.765. The lowest BCUT2D eigenvalue weighted by Crippen LogP contribution is -2.44. The van der Waals surface area contributed by atoms with Crippen molar-refractivity contribution in [1.29, 1.82) is 0 Å². The molecule has 0 aliphatic heterocycles. The average molecular weight is 511 g/mol. The Hall–Kier alpha value is -0.863. The predicted octanol–water partition coefficient (Wildman–Crippen LogP) is 10.7. The van der Waals surface area contributed by atoms with E-state index in [2.05, 4.69) is 99.4 Å².